The summed E-state index contributed by atoms with van der Waals surface area (Å²) in [4.78, 5) is 0. The molecular weight excluding hydrogens is 1060 g/mol. The quantitative estimate of drug-likeness (QED) is 0.0556. The van der Waals surface area contributed by atoms with Crippen LogP contribution < -0.4 is 0 Å². The zero-order valence-electron chi connectivity index (χ0n) is 46.8. The molecule has 1 aromatic carbocycles. The molecule has 450 valence electrons. The summed E-state index contributed by atoms with van der Waals surface area (Å²) in [5.41, 5.74) is 1.27. The van der Waals surface area contributed by atoms with Crippen molar-refractivity contribution in [1.29, 1.82) is 10.5 Å². The fourth-order valence-electron chi connectivity index (χ4n) is 8.18. The number of hydrogen-bond donors (Lipinski definition) is 0. The second kappa shape index (κ2) is 39.1. The molecule has 30 heteroatoms. The molecule has 3 aromatic rings. The number of rotatable bonds is 44. The SMILES string of the molecule is COCCOCO[C@@H]1[C@@H](OCOCCOC)[C@H](OC)O[C@H](Cn2cc(-c3ccc(-c4cn(C[C@H]5O[C@@H](OC)[C@H](OCOCCOC)[C@@H](OCOCCOC)[C@@H]5OCOCCOC)nn4)c(C#N)c3C#N)nn2)[C@H]1OCOCCOC. The number of nitrogens with zero attached hydrogens (tertiary/aromatic N) is 8. The molecule has 0 spiro atoms. The van der Waals surface area contributed by atoms with Crippen molar-refractivity contribution in [1.82, 2.24) is 30.0 Å². The van der Waals surface area contributed by atoms with Crippen molar-refractivity contribution < 1.29 is 104 Å². The Morgan fingerprint density at radius 1 is 0.412 bits per heavy atom. The van der Waals surface area contributed by atoms with Crippen LogP contribution in [0.15, 0.2) is 24.5 Å². The first kappa shape index (κ1) is 66.4. The molecule has 10 atom stereocenters. The molecule has 30 nitrogen and oxygen atoms in total. The van der Waals surface area contributed by atoms with Crippen molar-refractivity contribution in [2.45, 2.75) is 74.5 Å². The van der Waals surface area contributed by atoms with E-state index in [9.17, 15) is 10.5 Å². The predicted molar refractivity (Wildman–Crippen MR) is 271 cm³/mol. The highest BCUT2D eigenvalue weighted by Gasteiger charge is 2.50. The number of ether oxygens (including phenoxy) is 22. The zero-order chi connectivity index (χ0) is 57.2. The lowest BCUT2D eigenvalue weighted by Crippen LogP contribution is -2.62. The number of aromatic nitrogens is 6. The highest BCUT2D eigenvalue weighted by atomic mass is 16.8. The molecule has 0 aliphatic carbocycles. The maximum absolute atomic E-state index is 10.7. The van der Waals surface area contributed by atoms with Gasteiger partial charge in [-0.1, -0.05) is 22.6 Å². The van der Waals surface area contributed by atoms with Gasteiger partial charge in [0.25, 0.3) is 0 Å². The lowest BCUT2D eigenvalue weighted by Gasteiger charge is -2.45. The van der Waals surface area contributed by atoms with Crippen LogP contribution in [0.25, 0.3) is 22.5 Å². The van der Waals surface area contributed by atoms with E-state index in [2.05, 4.69) is 32.8 Å². The largest absolute Gasteiger partial charge is 0.382 e. The van der Waals surface area contributed by atoms with Crippen LogP contribution in [0.5, 0.6) is 0 Å². The fourth-order valence-corrected chi connectivity index (χ4v) is 8.18. The van der Waals surface area contributed by atoms with Gasteiger partial charge in [-0.2, -0.15) is 10.5 Å². The molecule has 0 bridgehead atoms. The second-order valence-corrected chi connectivity index (χ2v) is 17.2. The van der Waals surface area contributed by atoms with E-state index in [1.165, 1.54) is 23.6 Å². The van der Waals surface area contributed by atoms with E-state index in [1.54, 1.807) is 67.2 Å². The fraction of sp³-hybridized carbons (Fsp3) is 0.760. The van der Waals surface area contributed by atoms with E-state index >= 15 is 0 Å². The number of benzene rings is 1. The molecule has 0 saturated carbocycles. The first-order valence-corrected chi connectivity index (χ1v) is 25.6. The van der Waals surface area contributed by atoms with Gasteiger partial charge in [0.15, 0.2) is 12.6 Å². The van der Waals surface area contributed by atoms with Gasteiger partial charge in [0, 0.05) is 68.0 Å². The van der Waals surface area contributed by atoms with E-state index in [0.717, 1.165) is 0 Å². The molecule has 2 aliphatic rings. The Hall–Kier alpha value is -4.40. The lowest BCUT2D eigenvalue weighted by molar-refractivity contribution is -0.338. The van der Waals surface area contributed by atoms with Crippen molar-refractivity contribution >= 4 is 0 Å². The van der Waals surface area contributed by atoms with E-state index < -0.39 is 61.4 Å². The van der Waals surface area contributed by atoms with Crippen molar-refractivity contribution in [2.24, 2.45) is 0 Å². The molecule has 0 unspecified atom stereocenters. The van der Waals surface area contributed by atoms with E-state index in [-0.39, 0.29) is 116 Å². The van der Waals surface area contributed by atoms with Crippen molar-refractivity contribution in [3.63, 3.8) is 0 Å². The summed E-state index contributed by atoms with van der Waals surface area (Å²) in [6.45, 7) is 2.83. The summed E-state index contributed by atoms with van der Waals surface area (Å²) in [7, 11) is 12.3. The Balaban J connectivity index is 1.40. The smallest absolute Gasteiger partial charge is 0.186 e. The van der Waals surface area contributed by atoms with Gasteiger partial charge in [-0.3, -0.25) is 0 Å². The molecule has 4 heterocycles. The Bertz CT molecular complexity index is 2050. The second-order valence-electron chi connectivity index (χ2n) is 17.2. The van der Waals surface area contributed by atoms with Crippen LogP contribution in [-0.2, 0) is 117 Å². The van der Waals surface area contributed by atoms with Gasteiger partial charge in [-0.05, 0) is 0 Å². The van der Waals surface area contributed by atoms with Crippen LogP contribution in [0.2, 0.25) is 0 Å². The highest BCUT2D eigenvalue weighted by Crippen LogP contribution is 2.34. The summed E-state index contributed by atoms with van der Waals surface area (Å²) in [6, 6.07) is 7.70. The molecule has 2 fully saturated rings. The average Bonchev–Trinajstić information content (AvgIpc) is 4.22. The van der Waals surface area contributed by atoms with Crippen LogP contribution in [-0.4, -0.2) is 268 Å². The Kier molecular flexibility index (Phi) is 32.5. The van der Waals surface area contributed by atoms with Gasteiger partial charge in [0.05, 0.1) is 116 Å². The average molecular weight is 1140 g/mol. The first-order valence-electron chi connectivity index (χ1n) is 25.6. The minimum absolute atomic E-state index is 0.0227. The van der Waals surface area contributed by atoms with Crippen LogP contribution in [0.3, 0.4) is 0 Å². The summed E-state index contributed by atoms with van der Waals surface area (Å²) in [5.74, 6) is 0. The maximum atomic E-state index is 10.7. The minimum atomic E-state index is -0.981. The van der Waals surface area contributed by atoms with Crippen molar-refractivity contribution in [3.8, 4) is 34.7 Å². The number of nitriles is 2. The highest BCUT2D eigenvalue weighted by molar-refractivity contribution is 5.79. The topological polar surface area (TPSA) is 312 Å². The zero-order valence-corrected chi connectivity index (χ0v) is 46.8. The van der Waals surface area contributed by atoms with Gasteiger partial charge in [0.1, 0.15) is 113 Å². The van der Waals surface area contributed by atoms with Crippen molar-refractivity contribution in [3.05, 3.63) is 35.7 Å². The molecule has 0 radical (unpaired) electrons. The van der Waals surface area contributed by atoms with Crippen LogP contribution in [0, 0.1) is 22.7 Å². The van der Waals surface area contributed by atoms with Crippen LogP contribution in [0.4, 0.5) is 0 Å². The van der Waals surface area contributed by atoms with Gasteiger partial charge < -0.3 is 104 Å². The van der Waals surface area contributed by atoms with E-state index in [0.29, 0.717) is 50.8 Å². The molecule has 0 N–H and O–H groups in total. The predicted octanol–water partition coefficient (Wildman–Crippen LogP) is 0.724. The maximum Gasteiger partial charge on any atom is 0.186 e. The molecule has 2 aliphatic heterocycles. The molecule has 2 aromatic heterocycles. The number of methoxy groups -OCH3 is 8. The minimum Gasteiger partial charge on any atom is -0.382 e. The van der Waals surface area contributed by atoms with Gasteiger partial charge in [-0.25, -0.2) is 9.36 Å². The molecule has 5 rings (SSSR count). The van der Waals surface area contributed by atoms with Crippen LogP contribution in [0.1, 0.15) is 11.1 Å². The molecular formula is C50H78N8O22. The van der Waals surface area contributed by atoms with Gasteiger partial charge in [0.2, 0.25) is 0 Å². The van der Waals surface area contributed by atoms with Crippen LogP contribution >= 0.6 is 0 Å². The third-order valence-corrected chi connectivity index (χ3v) is 12.1. The molecule has 2 saturated heterocycles. The Labute approximate surface area is 465 Å². The summed E-state index contributed by atoms with van der Waals surface area (Å²) < 4.78 is 130. The first-order chi connectivity index (χ1) is 39.3. The standard InChI is InChI=1S/C50H78N8O22/c1-59-11-17-67-29-73-43-41(79-49(65-7)47(77-33-71-21-15-63-5)45(43)75-31-69-19-13-61-3)27-57-25-39(53-55-57)35-9-10-36(38(24-52)37(35)23-51)40-26-58(56-54-40)28-42-44(74-30-68-18-12-60-2)46(76-32-70-20-14-62-4)48(50(66-8)80-42)78-34-72-22-16-64-6/h9-10,25-26,41-50H,11-22,27-34H2,1-8H3/t41-,42-,43-,44-,45+,46+,47-,48-,49-,50-/m1/s1. The Morgan fingerprint density at radius 3 is 0.975 bits per heavy atom. The third-order valence-electron chi connectivity index (χ3n) is 12.1. The summed E-state index contributed by atoms with van der Waals surface area (Å²) in [5, 5.41) is 38.9. The van der Waals surface area contributed by atoms with Crippen molar-refractivity contribution in [2.75, 3.05) is 177 Å². The Morgan fingerprint density at radius 2 is 0.700 bits per heavy atom. The molecule has 80 heavy (non-hydrogen) atoms. The third kappa shape index (κ3) is 20.8. The van der Waals surface area contributed by atoms with E-state index in [1.807, 2.05) is 0 Å². The molecule has 0 amide bonds. The summed E-state index contributed by atoms with van der Waals surface area (Å²) in [6.07, 6.45) is -5.57. The van der Waals surface area contributed by atoms with E-state index in [4.69, 9.17) is 104 Å². The van der Waals surface area contributed by atoms with Gasteiger partial charge in [-0.15, -0.1) is 10.2 Å². The lowest BCUT2D eigenvalue weighted by atomic mass is 9.94. The summed E-state index contributed by atoms with van der Waals surface area (Å²) >= 11 is 0. The van der Waals surface area contributed by atoms with Gasteiger partial charge >= 0.3 is 0 Å². The monoisotopic (exact) mass is 1140 g/mol. The number of hydrogen-bond acceptors (Lipinski definition) is 28. The normalized spacial score (nSPS) is 23.1.